The molecule has 0 bridgehead atoms. The third kappa shape index (κ3) is 5.97. The Morgan fingerprint density at radius 1 is 1.06 bits per heavy atom. The highest BCUT2D eigenvalue weighted by atomic mass is 32.2. The van der Waals surface area contributed by atoms with Gasteiger partial charge in [-0.2, -0.15) is 0 Å². The second-order valence-corrected chi connectivity index (χ2v) is 8.79. The van der Waals surface area contributed by atoms with Gasteiger partial charge in [0.15, 0.2) is 11.5 Å². The van der Waals surface area contributed by atoms with Crippen molar-refractivity contribution >= 4 is 23.6 Å². The van der Waals surface area contributed by atoms with E-state index in [2.05, 4.69) is 19.2 Å². The van der Waals surface area contributed by atoms with Crippen LogP contribution in [0.5, 0.6) is 11.5 Å². The first-order valence-electron chi connectivity index (χ1n) is 11.2. The van der Waals surface area contributed by atoms with E-state index < -0.39 is 6.04 Å². The van der Waals surface area contributed by atoms with Crippen LogP contribution in [-0.2, 0) is 4.79 Å². The predicted octanol–water partition coefficient (Wildman–Crippen LogP) is 4.66. The average Bonchev–Trinajstić information content (AvgIpc) is 3.31. The second kappa shape index (κ2) is 11.8. The third-order valence-electron chi connectivity index (χ3n) is 5.22. The van der Waals surface area contributed by atoms with E-state index in [-0.39, 0.29) is 17.9 Å². The van der Waals surface area contributed by atoms with Crippen LogP contribution in [0.3, 0.4) is 0 Å². The number of rotatable bonds is 10. The maximum atomic E-state index is 13.1. The van der Waals surface area contributed by atoms with Crippen LogP contribution < -0.4 is 14.8 Å². The standard InChI is InChI=1S/C25H32N2O4S/c1-4-13-30-22-12-11-20(15-23(22)31-14-5-2)18(3)26-24(28)21-16-32-17-27(21)25(29)19-9-7-6-8-10-19/h6-12,15,18,21H,4-5,13-14,16-17H2,1-3H3,(H,26,28)/t18?,21-/m0/s1. The minimum Gasteiger partial charge on any atom is -0.490 e. The van der Waals surface area contributed by atoms with Crippen molar-refractivity contribution < 1.29 is 19.1 Å². The number of hydrogen-bond acceptors (Lipinski definition) is 5. The smallest absolute Gasteiger partial charge is 0.255 e. The molecule has 1 saturated heterocycles. The zero-order valence-corrected chi connectivity index (χ0v) is 19.8. The van der Waals surface area contributed by atoms with Crippen molar-refractivity contribution in [2.24, 2.45) is 0 Å². The van der Waals surface area contributed by atoms with E-state index in [0.717, 1.165) is 24.2 Å². The summed E-state index contributed by atoms with van der Waals surface area (Å²) in [5, 5.41) is 3.08. The fourth-order valence-electron chi connectivity index (χ4n) is 3.45. The Hall–Kier alpha value is -2.67. The minimum absolute atomic E-state index is 0.115. The summed E-state index contributed by atoms with van der Waals surface area (Å²) in [6.45, 7) is 7.28. The molecule has 1 heterocycles. The Bertz CT molecular complexity index is 906. The molecule has 3 rings (SSSR count). The number of thioether (sulfide) groups is 1. The molecule has 6 nitrogen and oxygen atoms in total. The molecule has 0 aliphatic carbocycles. The summed E-state index contributed by atoms with van der Waals surface area (Å²) in [6.07, 6.45) is 1.81. The van der Waals surface area contributed by atoms with Crippen molar-refractivity contribution in [2.45, 2.75) is 45.7 Å². The Balaban J connectivity index is 1.69. The molecular weight excluding hydrogens is 424 g/mol. The number of amides is 2. The van der Waals surface area contributed by atoms with Crippen LogP contribution in [0.1, 0.15) is 55.6 Å². The van der Waals surface area contributed by atoms with Crippen LogP contribution >= 0.6 is 11.8 Å². The van der Waals surface area contributed by atoms with E-state index in [1.807, 2.05) is 43.3 Å². The van der Waals surface area contributed by atoms with Gasteiger partial charge in [0.2, 0.25) is 5.91 Å². The lowest BCUT2D eigenvalue weighted by atomic mass is 10.1. The van der Waals surface area contributed by atoms with Crippen LogP contribution in [0.2, 0.25) is 0 Å². The first kappa shape index (κ1) is 24.0. The summed E-state index contributed by atoms with van der Waals surface area (Å²) in [5.74, 6) is 2.25. The van der Waals surface area contributed by atoms with Crippen LogP contribution in [0.4, 0.5) is 0 Å². The van der Waals surface area contributed by atoms with Gasteiger partial charge in [-0.25, -0.2) is 0 Å². The molecule has 2 aromatic rings. The van der Waals surface area contributed by atoms with Crippen molar-refractivity contribution in [1.29, 1.82) is 0 Å². The number of carbonyl (C=O) groups is 2. The van der Waals surface area contributed by atoms with Gasteiger partial charge in [0, 0.05) is 11.3 Å². The van der Waals surface area contributed by atoms with Crippen LogP contribution in [-0.4, -0.2) is 47.6 Å². The van der Waals surface area contributed by atoms with Crippen molar-refractivity contribution in [2.75, 3.05) is 24.8 Å². The molecule has 0 aromatic heterocycles. The summed E-state index contributed by atoms with van der Waals surface area (Å²) in [5.41, 5.74) is 1.53. The molecule has 1 N–H and O–H groups in total. The van der Waals surface area contributed by atoms with E-state index in [9.17, 15) is 9.59 Å². The van der Waals surface area contributed by atoms with Gasteiger partial charge >= 0.3 is 0 Å². The summed E-state index contributed by atoms with van der Waals surface area (Å²) in [7, 11) is 0. The molecule has 0 radical (unpaired) electrons. The number of hydrogen-bond donors (Lipinski definition) is 1. The Morgan fingerprint density at radius 2 is 1.75 bits per heavy atom. The van der Waals surface area contributed by atoms with Crippen molar-refractivity contribution in [3.05, 3.63) is 59.7 Å². The summed E-state index contributed by atoms with van der Waals surface area (Å²) < 4.78 is 11.7. The topological polar surface area (TPSA) is 67.9 Å². The van der Waals surface area contributed by atoms with E-state index >= 15 is 0 Å². The van der Waals surface area contributed by atoms with Crippen molar-refractivity contribution in [1.82, 2.24) is 10.2 Å². The van der Waals surface area contributed by atoms with Crippen molar-refractivity contribution in [3.8, 4) is 11.5 Å². The second-order valence-electron chi connectivity index (χ2n) is 7.79. The van der Waals surface area contributed by atoms with Gasteiger partial charge in [0.05, 0.1) is 25.1 Å². The number of nitrogens with zero attached hydrogens (tertiary/aromatic N) is 1. The summed E-state index contributed by atoms with van der Waals surface area (Å²) in [6, 6.07) is 14.2. The largest absolute Gasteiger partial charge is 0.490 e. The Morgan fingerprint density at radius 3 is 2.44 bits per heavy atom. The van der Waals surface area contributed by atoms with Crippen LogP contribution in [0, 0.1) is 0 Å². The Kier molecular flexibility index (Phi) is 8.85. The molecule has 1 aliphatic heterocycles. The van der Waals surface area contributed by atoms with Gasteiger partial charge in [-0.15, -0.1) is 11.8 Å². The van der Waals surface area contributed by atoms with Gasteiger partial charge in [-0.05, 0) is 49.6 Å². The number of nitrogens with one attached hydrogen (secondary N) is 1. The third-order valence-corrected chi connectivity index (χ3v) is 6.23. The molecule has 2 atom stereocenters. The molecule has 1 fully saturated rings. The molecule has 0 spiro atoms. The summed E-state index contributed by atoms with van der Waals surface area (Å²) in [4.78, 5) is 27.6. The molecule has 1 unspecified atom stereocenters. The molecule has 32 heavy (non-hydrogen) atoms. The van der Waals surface area contributed by atoms with E-state index in [1.165, 1.54) is 0 Å². The lowest BCUT2D eigenvalue weighted by Crippen LogP contribution is -2.47. The van der Waals surface area contributed by atoms with Crippen LogP contribution in [0.15, 0.2) is 48.5 Å². The van der Waals surface area contributed by atoms with E-state index in [4.69, 9.17) is 9.47 Å². The molecule has 2 amide bonds. The molecule has 172 valence electrons. The number of carbonyl (C=O) groups excluding carboxylic acids is 2. The van der Waals surface area contributed by atoms with Gasteiger partial charge in [-0.3, -0.25) is 9.59 Å². The number of benzene rings is 2. The highest BCUT2D eigenvalue weighted by molar-refractivity contribution is 7.99. The number of ether oxygens (including phenoxy) is 2. The molecular formula is C25H32N2O4S. The zero-order chi connectivity index (χ0) is 22.9. The normalized spacial score (nSPS) is 16.5. The van der Waals surface area contributed by atoms with E-state index in [0.29, 0.717) is 36.2 Å². The van der Waals surface area contributed by atoms with Gasteiger partial charge in [0.25, 0.3) is 5.91 Å². The Labute approximate surface area is 194 Å². The SMILES string of the molecule is CCCOc1ccc(C(C)NC(=O)[C@@H]2CSCN2C(=O)c2ccccc2)cc1OCCC. The highest BCUT2D eigenvalue weighted by Crippen LogP contribution is 2.31. The maximum Gasteiger partial charge on any atom is 0.255 e. The lowest BCUT2D eigenvalue weighted by Gasteiger charge is -2.25. The molecule has 7 heteroatoms. The fraction of sp³-hybridized carbons (Fsp3) is 0.440. The molecule has 1 aliphatic rings. The van der Waals surface area contributed by atoms with Gasteiger partial charge < -0.3 is 19.7 Å². The lowest BCUT2D eigenvalue weighted by molar-refractivity contribution is -0.125. The first-order chi connectivity index (χ1) is 15.5. The predicted molar refractivity (Wildman–Crippen MR) is 128 cm³/mol. The van der Waals surface area contributed by atoms with Gasteiger partial charge in [-0.1, -0.05) is 38.1 Å². The fourth-order valence-corrected chi connectivity index (χ4v) is 4.60. The highest BCUT2D eigenvalue weighted by Gasteiger charge is 2.35. The minimum atomic E-state index is -0.488. The van der Waals surface area contributed by atoms with Crippen LogP contribution in [0.25, 0.3) is 0 Å². The van der Waals surface area contributed by atoms with E-state index in [1.54, 1.807) is 28.8 Å². The van der Waals surface area contributed by atoms with Gasteiger partial charge in [0.1, 0.15) is 6.04 Å². The molecule has 0 saturated carbocycles. The molecule has 2 aromatic carbocycles. The monoisotopic (exact) mass is 456 g/mol. The average molecular weight is 457 g/mol. The van der Waals surface area contributed by atoms with Crippen molar-refractivity contribution in [3.63, 3.8) is 0 Å². The summed E-state index contributed by atoms with van der Waals surface area (Å²) >= 11 is 1.59. The maximum absolute atomic E-state index is 13.1. The quantitative estimate of drug-likeness (QED) is 0.563. The first-order valence-corrected chi connectivity index (χ1v) is 12.3. The zero-order valence-electron chi connectivity index (χ0n) is 19.0.